The van der Waals surface area contributed by atoms with E-state index in [9.17, 15) is 4.79 Å². The molecule has 4 rings (SSSR count). The van der Waals surface area contributed by atoms with Gasteiger partial charge in [-0.05, 0) is 35.1 Å². The zero-order valence-corrected chi connectivity index (χ0v) is 16.2. The van der Waals surface area contributed by atoms with Gasteiger partial charge in [-0.1, -0.05) is 26.0 Å². The molecule has 1 N–H and O–H groups in total. The number of nitrogens with zero attached hydrogens (tertiary/aromatic N) is 4. The van der Waals surface area contributed by atoms with Crippen LogP contribution < -0.4 is 10.2 Å². The molecule has 1 saturated heterocycles. The van der Waals surface area contributed by atoms with E-state index in [0.717, 1.165) is 40.4 Å². The number of carbonyl (C=O) groups excluding carboxylic acids is 1. The largest absolute Gasteiger partial charge is 0.349 e. The average molecular weight is 379 g/mol. The van der Waals surface area contributed by atoms with Crippen molar-refractivity contribution in [2.24, 2.45) is 4.99 Å². The van der Waals surface area contributed by atoms with E-state index in [-0.39, 0.29) is 6.03 Å². The minimum Gasteiger partial charge on any atom is -0.349 e. The monoisotopic (exact) mass is 379 g/mol. The van der Waals surface area contributed by atoms with Crippen LogP contribution in [0.2, 0.25) is 0 Å². The molecule has 7 heteroatoms. The second-order valence-electron chi connectivity index (χ2n) is 6.89. The molecule has 0 radical (unpaired) electrons. The minimum atomic E-state index is -0.326. The van der Waals surface area contributed by atoms with E-state index in [1.54, 1.807) is 17.7 Å². The molecule has 1 aliphatic heterocycles. The van der Waals surface area contributed by atoms with Gasteiger partial charge in [-0.15, -0.1) is 11.3 Å². The van der Waals surface area contributed by atoms with Gasteiger partial charge in [0.05, 0.1) is 16.8 Å². The van der Waals surface area contributed by atoms with Gasteiger partial charge in [-0.3, -0.25) is 0 Å². The van der Waals surface area contributed by atoms with Crippen LogP contribution >= 0.6 is 11.3 Å². The second-order valence-corrected chi connectivity index (χ2v) is 7.80. The van der Waals surface area contributed by atoms with Gasteiger partial charge in [0.25, 0.3) is 0 Å². The van der Waals surface area contributed by atoms with Gasteiger partial charge in [-0.25, -0.2) is 19.8 Å². The molecule has 6 nitrogen and oxygen atoms in total. The number of aromatic nitrogens is 2. The Morgan fingerprint density at radius 2 is 2.04 bits per heavy atom. The van der Waals surface area contributed by atoms with E-state index in [1.807, 2.05) is 35.7 Å². The van der Waals surface area contributed by atoms with Gasteiger partial charge in [0.1, 0.15) is 12.1 Å². The highest BCUT2D eigenvalue weighted by atomic mass is 32.1. The lowest BCUT2D eigenvalue weighted by Gasteiger charge is -2.15. The summed E-state index contributed by atoms with van der Waals surface area (Å²) in [5.41, 5.74) is 3.84. The number of anilines is 2. The summed E-state index contributed by atoms with van der Waals surface area (Å²) in [5.74, 6) is 1.39. The Kier molecular flexibility index (Phi) is 4.85. The number of urea groups is 1. The third-order valence-corrected chi connectivity index (χ3v) is 5.56. The zero-order valence-electron chi connectivity index (χ0n) is 15.3. The molecule has 0 saturated carbocycles. The number of thiophene rings is 1. The number of carbonyl (C=O) groups is 1. The zero-order chi connectivity index (χ0) is 18.8. The lowest BCUT2D eigenvalue weighted by molar-refractivity contribution is 0.259. The van der Waals surface area contributed by atoms with Crippen molar-refractivity contribution < 1.29 is 4.79 Å². The summed E-state index contributed by atoms with van der Waals surface area (Å²) in [6, 6.07) is 9.58. The highest BCUT2D eigenvalue weighted by molar-refractivity contribution is 7.17. The highest BCUT2D eigenvalue weighted by Crippen LogP contribution is 2.29. The Hall–Kier alpha value is -2.80. The Labute approximate surface area is 162 Å². The first kappa shape index (κ1) is 17.6. The van der Waals surface area contributed by atoms with E-state index in [1.165, 1.54) is 5.56 Å². The summed E-state index contributed by atoms with van der Waals surface area (Å²) in [5, 5.41) is 4.87. The third-order valence-electron chi connectivity index (χ3n) is 4.66. The van der Waals surface area contributed by atoms with Crippen molar-refractivity contribution in [2.75, 3.05) is 23.3 Å². The maximum absolute atomic E-state index is 12.3. The topological polar surface area (TPSA) is 70.5 Å². The quantitative estimate of drug-likeness (QED) is 0.716. The van der Waals surface area contributed by atoms with E-state index in [4.69, 9.17) is 0 Å². The number of nitrogens with one attached hydrogen (secondary N) is 1. The molecule has 0 aliphatic carbocycles. The predicted molar refractivity (Wildman–Crippen MR) is 111 cm³/mol. The lowest BCUT2D eigenvalue weighted by Crippen LogP contribution is -2.21. The van der Waals surface area contributed by atoms with Crippen LogP contribution in [0.3, 0.4) is 0 Å². The van der Waals surface area contributed by atoms with Gasteiger partial charge in [-0.2, -0.15) is 0 Å². The molecule has 1 aromatic carbocycles. The van der Waals surface area contributed by atoms with Gasteiger partial charge in [0.15, 0.2) is 0 Å². The summed E-state index contributed by atoms with van der Waals surface area (Å²) < 4.78 is 1.08. The molecule has 0 spiro atoms. The first-order valence-electron chi connectivity index (χ1n) is 9.00. The third kappa shape index (κ3) is 3.83. The number of hydrogen-bond acceptors (Lipinski definition) is 5. The summed E-state index contributed by atoms with van der Waals surface area (Å²) >= 11 is 1.63. The van der Waals surface area contributed by atoms with Crippen LogP contribution in [0, 0.1) is 0 Å². The summed E-state index contributed by atoms with van der Waals surface area (Å²) in [6.07, 6.45) is 2.35. The van der Waals surface area contributed by atoms with Crippen molar-refractivity contribution in [2.45, 2.75) is 26.2 Å². The van der Waals surface area contributed by atoms with Crippen LogP contribution in [0.25, 0.3) is 10.2 Å². The molecule has 1 fully saturated rings. The van der Waals surface area contributed by atoms with Crippen molar-refractivity contribution in [1.29, 1.82) is 0 Å². The molecule has 1 aliphatic rings. The van der Waals surface area contributed by atoms with Crippen molar-refractivity contribution in [3.8, 4) is 0 Å². The van der Waals surface area contributed by atoms with Gasteiger partial charge in [0, 0.05) is 24.4 Å². The Morgan fingerprint density at radius 3 is 2.81 bits per heavy atom. The molecular weight excluding hydrogens is 358 g/mol. The molecule has 0 bridgehead atoms. The van der Waals surface area contributed by atoms with Gasteiger partial charge in [0.2, 0.25) is 0 Å². The summed E-state index contributed by atoms with van der Waals surface area (Å²) in [6.45, 7) is 5.71. The molecule has 2 aromatic heterocycles. The van der Waals surface area contributed by atoms with Crippen molar-refractivity contribution >= 4 is 44.8 Å². The number of benzene rings is 1. The maximum atomic E-state index is 12.3. The fraction of sp³-hybridized carbons (Fsp3) is 0.300. The van der Waals surface area contributed by atoms with E-state index >= 15 is 0 Å². The van der Waals surface area contributed by atoms with E-state index < -0.39 is 0 Å². The Bertz CT molecular complexity index is 993. The smallest absolute Gasteiger partial charge is 0.345 e. The van der Waals surface area contributed by atoms with Crippen molar-refractivity contribution in [1.82, 2.24) is 9.97 Å². The van der Waals surface area contributed by atoms with Crippen molar-refractivity contribution in [3.05, 3.63) is 47.6 Å². The van der Waals surface area contributed by atoms with Gasteiger partial charge < -0.3 is 10.2 Å². The summed E-state index contributed by atoms with van der Waals surface area (Å²) in [4.78, 5) is 27.4. The second kappa shape index (κ2) is 7.44. The molecule has 27 heavy (non-hydrogen) atoms. The maximum Gasteiger partial charge on any atom is 0.345 e. The number of hydrogen-bond donors (Lipinski definition) is 1. The number of fused-ring (bicyclic) bond motifs is 1. The fourth-order valence-electron chi connectivity index (χ4n) is 3.16. The van der Waals surface area contributed by atoms with Crippen LogP contribution in [0.5, 0.6) is 0 Å². The van der Waals surface area contributed by atoms with Crippen LogP contribution in [0.15, 0.2) is 47.0 Å². The lowest BCUT2D eigenvalue weighted by atomic mass is 10.0. The molecule has 3 aromatic rings. The first-order chi connectivity index (χ1) is 13.1. The first-order valence-corrected chi connectivity index (χ1v) is 9.88. The Morgan fingerprint density at radius 1 is 1.22 bits per heavy atom. The van der Waals surface area contributed by atoms with E-state index in [2.05, 4.69) is 39.0 Å². The molecule has 0 unspecified atom stereocenters. The molecular formula is C20H21N5OS. The average Bonchev–Trinajstić information content (AvgIpc) is 3.31. The van der Waals surface area contributed by atoms with Crippen LogP contribution in [0.4, 0.5) is 16.3 Å². The van der Waals surface area contributed by atoms with Crippen LogP contribution in [0.1, 0.15) is 31.7 Å². The number of amides is 2. The number of rotatable bonds is 3. The molecule has 138 valence electrons. The van der Waals surface area contributed by atoms with Crippen LogP contribution in [-0.4, -0.2) is 34.8 Å². The molecule has 3 heterocycles. The SMILES string of the molecule is CC(C)c1ccc(NC(=O)N=C2CCN(c3ncnc4ccsc34)C2)cc1. The molecule has 0 atom stereocenters. The predicted octanol–water partition coefficient (Wildman–Crippen LogP) is 4.70. The summed E-state index contributed by atoms with van der Waals surface area (Å²) in [7, 11) is 0. The Balaban J connectivity index is 1.43. The van der Waals surface area contributed by atoms with Crippen LogP contribution in [-0.2, 0) is 0 Å². The highest BCUT2D eigenvalue weighted by Gasteiger charge is 2.22. The normalized spacial score (nSPS) is 15.8. The fourth-order valence-corrected chi connectivity index (χ4v) is 4.02. The van der Waals surface area contributed by atoms with E-state index in [0.29, 0.717) is 12.5 Å². The van der Waals surface area contributed by atoms with Gasteiger partial charge >= 0.3 is 6.03 Å². The standard InChI is InChI=1S/C20H21N5OS/c1-13(2)14-3-5-15(6-4-14)23-20(26)24-16-7-9-25(11-16)19-18-17(8-10-27-18)21-12-22-19/h3-6,8,10,12-13H,7,9,11H2,1-2H3,(H,23,26). The number of aliphatic imine (C=N–C) groups is 1. The minimum absolute atomic E-state index is 0.326. The van der Waals surface area contributed by atoms with Crippen molar-refractivity contribution in [3.63, 3.8) is 0 Å². The molecule has 2 amide bonds.